The van der Waals surface area contributed by atoms with E-state index in [9.17, 15) is 13.2 Å². The normalized spacial score (nSPS) is 11.6. The fourth-order valence-corrected chi connectivity index (χ4v) is 2.37. The van der Waals surface area contributed by atoms with Crippen LogP contribution in [0.15, 0.2) is 58.3 Å². The van der Waals surface area contributed by atoms with Gasteiger partial charge in [0.1, 0.15) is 17.8 Å². The molecule has 0 bridgehead atoms. The van der Waals surface area contributed by atoms with Crippen molar-refractivity contribution < 1.29 is 31.9 Å². The van der Waals surface area contributed by atoms with Gasteiger partial charge in [-0.25, -0.2) is 9.37 Å². The second-order valence-corrected chi connectivity index (χ2v) is 5.65. The van der Waals surface area contributed by atoms with Gasteiger partial charge in [0.25, 0.3) is 0 Å². The quantitative estimate of drug-likeness (QED) is 0.346. The van der Waals surface area contributed by atoms with Gasteiger partial charge in [-0.3, -0.25) is 0 Å². The summed E-state index contributed by atoms with van der Waals surface area (Å²) in [5.41, 5.74) is 7.12. The number of rotatable bonds is 8. The predicted octanol–water partition coefficient (Wildman–Crippen LogP) is 3.93. The van der Waals surface area contributed by atoms with Gasteiger partial charge in [0.05, 0.1) is 7.11 Å². The first-order valence-corrected chi connectivity index (χ1v) is 8.25. The summed E-state index contributed by atoms with van der Waals surface area (Å²) in [4.78, 5) is 9.33. The van der Waals surface area contributed by atoms with Crippen LogP contribution in [0.2, 0.25) is 0 Å². The van der Waals surface area contributed by atoms with Crippen LogP contribution in [0, 0.1) is 5.82 Å². The van der Waals surface area contributed by atoms with Gasteiger partial charge in [-0.1, -0.05) is 11.2 Å². The molecule has 0 aliphatic heterocycles. The maximum Gasteiger partial charge on any atom is 0.387 e. The third-order valence-electron chi connectivity index (χ3n) is 3.67. The van der Waals surface area contributed by atoms with Crippen molar-refractivity contribution >= 4 is 5.84 Å². The molecule has 0 spiro atoms. The molecule has 3 rings (SSSR count). The van der Waals surface area contributed by atoms with Crippen LogP contribution in [0.1, 0.15) is 11.3 Å². The van der Waals surface area contributed by atoms with Crippen molar-refractivity contribution in [2.75, 3.05) is 7.11 Å². The number of nitrogens with two attached hydrogens (primary N) is 1. The molecule has 0 saturated heterocycles. The Hall–Kier alpha value is -3.69. The van der Waals surface area contributed by atoms with Crippen LogP contribution >= 0.6 is 0 Å². The maximum absolute atomic E-state index is 13.3. The van der Waals surface area contributed by atoms with Crippen LogP contribution < -0.4 is 15.2 Å². The van der Waals surface area contributed by atoms with E-state index in [2.05, 4.69) is 14.9 Å². The van der Waals surface area contributed by atoms with E-state index in [1.54, 1.807) is 12.1 Å². The van der Waals surface area contributed by atoms with Gasteiger partial charge in [0.2, 0.25) is 5.89 Å². The Kier molecular flexibility index (Phi) is 6.22. The summed E-state index contributed by atoms with van der Waals surface area (Å²) in [5, 5.41) is 3.76. The van der Waals surface area contributed by atoms with Gasteiger partial charge < -0.3 is 24.5 Å². The van der Waals surface area contributed by atoms with Gasteiger partial charge in [0, 0.05) is 11.1 Å². The third kappa shape index (κ3) is 5.18. The third-order valence-corrected chi connectivity index (χ3v) is 3.67. The zero-order valence-electron chi connectivity index (χ0n) is 15.1. The van der Waals surface area contributed by atoms with Crippen molar-refractivity contribution in [3.63, 3.8) is 0 Å². The minimum Gasteiger partial charge on any atom is -0.493 e. The van der Waals surface area contributed by atoms with E-state index in [1.807, 2.05) is 0 Å². The second-order valence-electron chi connectivity index (χ2n) is 5.65. The van der Waals surface area contributed by atoms with E-state index in [0.717, 1.165) is 0 Å². The molecule has 0 amide bonds. The summed E-state index contributed by atoms with van der Waals surface area (Å²) in [6.45, 7) is -3.03. The number of nitrogens with zero attached hydrogens (tertiary/aromatic N) is 2. The topological polar surface area (TPSA) is 92.1 Å². The Morgan fingerprint density at radius 3 is 2.76 bits per heavy atom. The minimum absolute atomic E-state index is 0.0132. The number of alkyl halides is 2. The number of benzene rings is 2. The fraction of sp³-hybridized carbons (Fsp3) is 0.158. The molecule has 0 radical (unpaired) electrons. The van der Waals surface area contributed by atoms with Crippen molar-refractivity contribution in [2.45, 2.75) is 13.2 Å². The van der Waals surface area contributed by atoms with Crippen LogP contribution in [-0.4, -0.2) is 24.5 Å². The highest BCUT2D eigenvalue weighted by molar-refractivity contribution is 5.97. The molecular weight excluding hydrogens is 391 g/mol. The first-order valence-electron chi connectivity index (χ1n) is 8.25. The first-order chi connectivity index (χ1) is 14.0. The number of oxazole rings is 1. The van der Waals surface area contributed by atoms with Crippen LogP contribution in [-0.2, 0) is 11.4 Å². The van der Waals surface area contributed by atoms with E-state index in [4.69, 9.17) is 19.7 Å². The van der Waals surface area contributed by atoms with Crippen molar-refractivity contribution in [3.8, 4) is 23.0 Å². The second kappa shape index (κ2) is 9.00. The molecule has 152 valence electrons. The molecule has 1 heterocycles. The molecule has 0 aliphatic rings. The van der Waals surface area contributed by atoms with Gasteiger partial charge in [-0.05, 0) is 36.4 Å². The molecule has 2 aromatic carbocycles. The largest absolute Gasteiger partial charge is 0.493 e. The summed E-state index contributed by atoms with van der Waals surface area (Å²) >= 11 is 0. The zero-order valence-corrected chi connectivity index (χ0v) is 15.1. The van der Waals surface area contributed by atoms with E-state index < -0.39 is 12.4 Å². The molecule has 3 aromatic rings. The lowest BCUT2D eigenvalue weighted by molar-refractivity contribution is -0.0512. The van der Waals surface area contributed by atoms with Crippen LogP contribution in [0.4, 0.5) is 13.2 Å². The summed E-state index contributed by atoms with van der Waals surface area (Å²) < 4.78 is 52.7. The number of amidine groups is 1. The standard InChI is InChI=1S/C19H16F3N3O4/c1-26-16-8-11(5-6-15(16)29-19(21)22)17(23)25-28-10-14-9-27-18(24-14)12-3-2-4-13(20)7-12/h2-9,19H,10H2,1H3,(H2,23,25). The van der Waals surface area contributed by atoms with Crippen LogP contribution in [0.5, 0.6) is 11.5 Å². The van der Waals surface area contributed by atoms with E-state index in [1.165, 1.54) is 43.7 Å². The number of halogens is 3. The molecule has 0 atom stereocenters. The lowest BCUT2D eigenvalue weighted by Crippen LogP contribution is -2.14. The van der Waals surface area contributed by atoms with Crippen molar-refractivity contribution in [2.24, 2.45) is 10.9 Å². The SMILES string of the molecule is COc1cc(/C(N)=N/OCc2coc(-c3cccc(F)c3)n2)ccc1OC(F)F. The Labute approximate surface area is 163 Å². The van der Waals surface area contributed by atoms with E-state index in [-0.39, 0.29) is 29.8 Å². The highest BCUT2D eigenvalue weighted by Gasteiger charge is 2.13. The van der Waals surface area contributed by atoms with E-state index in [0.29, 0.717) is 16.8 Å². The zero-order chi connectivity index (χ0) is 20.8. The average molecular weight is 407 g/mol. The average Bonchev–Trinajstić information content (AvgIpc) is 3.16. The number of hydrogen-bond acceptors (Lipinski definition) is 6. The number of hydrogen-bond donors (Lipinski definition) is 1. The fourth-order valence-electron chi connectivity index (χ4n) is 2.37. The Morgan fingerprint density at radius 2 is 2.03 bits per heavy atom. The molecule has 0 aliphatic carbocycles. The highest BCUT2D eigenvalue weighted by atomic mass is 19.3. The van der Waals surface area contributed by atoms with Crippen molar-refractivity contribution in [1.82, 2.24) is 4.98 Å². The van der Waals surface area contributed by atoms with Crippen LogP contribution in [0.3, 0.4) is 0 Å². The van der Waals surface area contributed by atoms with E-state index >= 15 is 0 Å². The molecular formula is C19H16F3N3O4. The molecule has 0 saturated carbocycles. The molecule has 2 N–H and O–H groups in total. The number of methoxy groups -OCH3 is 1. The van der Waals surface area contributed by atoms with Crippen LogP contribution in [0.25, 0.3) is 11.5 Å². The molecule has 10 heteroatoms. The summed E-state index contributed by atoms with van der Waals surface area (Å²) in [6, 6.07) is 9.91. The van der Waals surface area contributed by atoms with Gasteiger partial charge in [-0.2, -0.15) is 8.78 Å². The van der Waals surface area contributed by atoms with Gasteiger partial charge in [-0.15, -0.1) is 0 Å². The summed E-state index contributed by atoms with van der Waals surface area (Å²) in [7, 11) is 1.31. The smallest absolute Gasteiger partial charge is 0.387 e. The summed E-state index contributed by atoms with van der Waals surface area (Å²) in [5.74, 6) is -0.249. The molecule has 0 fully saturated rings. The molecule has 0 unspecified atom stereocenters. The first kappa shape index (κ1) is 20.1. The monoisotopic (exact) mass is 407 g/mol. The summed E-state index contributed by atoms with van der Waals surface area (Å²) in [6.07, 6.45) is 1.35. The lowest BCUT2D eigenvalue weighted by atomic mass is 10.2. The molecule has 1 aromatic heterocycles. The Bertz CT molecular complexity index is 1010. The Morgan fingerprint density at radius 1 is 1.21 bits per heavy atom. The number of aromatic nitrogens is 1. The van der Waals surface area contributed by atoms with Gasteiger partial charge >= 0.3 is 6.61 Å². The highest BCUT2D eigenvalue weighted by Crippen LogP contribution is 2.29. The lowest BCUT2D eigenvalue weighted by Gasteiger charge is -2.11. The number of oxime groups is 1. The van der Waals surface area contributed by atoms with Crippen molar-refractivity contribution in [3.05, 3.63) is 65.8 Å². The van der Waals surface area contributed by atoms with Crippen molar-refractivity contribution in [1.29, 1.82) is 0 Å². The Balaban J connectivity index is 1.65. The molecule has 7 nitrogen and oxygen atoms in total. The minimum atomic E-state index is -2.98. The molecule has 29 heavy (non-hydrogen) atoms. The van der Waals surface area contributed by atoms with Gasteiger partial charge in [0.15, 0.2) is 23.9 Å². The number of ether oxygens (including phenoxy) is 2. The predicted molar refractivity (Wildman–Crippen MR) is 97.0 cm³/mol. The maximum atomic E-state index is 13.3.